The molecule has 1 heterocycles. The summed E-state index contributed by atoms with van der Waals surface area (Å²) in [7, 11) is 0. The van der Waals surface area contributed by atoms with Crippen molar-refractivity contribution >= 4 is 28.3 Å². The first-order chi connectivity index (χ1) is 13.8. The number of hydrogen-bond donors (Lipinski definition) is 3. The Labute approximate surface area is 168 Å². The van der Waals surface area contributed by atoms with Crippen molar-refractivity contribution in [3.05, 3.63) is 64.0 Å². The van der Waals surface area contributed by atoms with Gasteiger partial charge in [-0.15, -0.1) is 0 Å². The van der Waals surface area contributed by atoms with Gasteiger partial charge in [-0.2, -0.15) is 0 Å². The van der Waals surface area contributed by atoms with Crippen molar-refractivity contribution in [2.75, 3.05) is 23.8 Å². The van der Waals surface area contributed by atoms with Crippen LogP contribution < -0.4 is 21.0 Å². The van der Waals surface area contributed by atoms with Gasteiger partial charge in [0.25, 0.3) is 0 Å². The van der Waals surface area contributed by atoms with E-state index in [9.17, 15) is 14.7 Å². The largest absolute Gasteiger partial charge is 0.491 e. The molecule has 0 bridgehead atoms. The number of aliphatic hydroxyl groups is 1. The van der Waals surface area contributed by atoms with Crippen LogP contribution in [0.5, 0.6) is 5.75 Å². The van der Waals surface area contributed by atoms with Crippen LogP contribution in [0.25, 0.3) is 11.0 Å². The third-order valence-electron chi connectivity index (χ3n) is 4.62. The van der Waals surface area contributed by atoms with Crippen LogP contribution in [0.3, 0.4) is 0 Å². The first kappa shape index (κ1) is 20.4. The van der Waals surface area contributed by atoms with Crippen LogP contribution in [0.4, 0.5) is 11.4 Å². The highest BCUT2D eigenvalue weighted by atomic mass is 16.5. The summed E-state index contributed by atoms with van der Waals surface area (Å²) in [6.07, 6.45) is -0.743. The van der Waals surface area contributed by atoms with Crippen LogP contribution in [0.2, 0.25) is 0 Å². The second-order valence-electron chi connectivity index (χ2n) is 6.90. The smallest absolute Gasteiger partial charge is 0.339 e. The molecule has 152 valence electrons. The average molecular weight is 396 g/mol. The Morgan fingerprint density at radius 2 is 1.79 bits per heavy atom. The lowest BCUT2D eigenvalue weighted by atomic mass is 10.1. The lowest BCUT2D eigenvalue weighted by Gasteiger charge is -2.15. The maximum atomic E-state index is 11.8. The lowest BCUT2D eigenvalue weighted by molar-refractivity contribution is -0.114. The molecule has 1 atom stereocenters. The summed E-state index contributed by atoms with van der Waals surface area (Å²) in [4.78, 5) is 22.9. The van der Waals surface area contributed by atoms with Crippen LogP contribution in [0.1, 0.15) is 18.1 Å². The average Bonchev–Trinajstić information content (AvgIpc) is 2.69. The molecule has 3 rings (SSSR count). The van der Waals surface area contributed by atoms with E-state index in [1.807, 2.05) is 25.1 Å². The standard InChI is InChI=1S/C22H24N2O5/c1-13-14(2)22(27)29-21-10-19(8-9-20(13)21)28-12-18(26)11-23-16-4-6-17(7-5-16)24-15(3)25/h4-10,18,23,26H,11-12H2,1-3H3,(H,24,25)/t18-/m1/s1. The van der Waals surface area contributed by atoms with Gasteiger partial charge in [-0.3, -0.25) is 4.79 Å². The number of ether oxygens (including phenoxy) is 1. The number of aliphatic hydroxyl groups excluding tert-OH is 1. The summed E-state index contributed by atoms with van der Waals surface area (Å²) in [6.45, 7) is 5.45. The topological polar surface area (TPSA) is 101 Å². The minimum absolute atomic E-state index is 0.0809. The summed E-state index contributed by atoms with van der Waals surface area (Å²) in [5, 5.41) is 16.8. The number of carbonyl (C=O) groups is 1. The van der Waals surface area contributed by atoms with Gasteiger partial charge >= 0.3 is 5.63 Å². The second kappa shape index (κ2) is 8.79. The van der Waals surface area contributed by atoms with Gasteiger partial charge in [0.1, 0.15) is 24.0 Å². The van der Waals surface area contributed by atoms with Gasteiger partial charge < -0.3 is 24.9 Å². The second-order valence-corrected chi connectivity index (χ2v) is 6.90. The molecule has 3 N–H and O–H groups in total. The number of hydrogen-bond acceptors (Lipinski definition) is 6. The van der Waals surface area contributed by atoms with E-state index in [1.165, 1.54) is 6.92 Å². The predicted molar refractivity (Wildman–Crippen MR) is 113 cm³/mol. The van der Waals surface area contributed by atoms with Crippen LogP contribution in [0.15, 0.2) is 51.7 Å². The molecule has 1 aromatic heterocycles. The molecule has 0 fully saturated rings. The van der Waals surface area contributed by atoms with Crippen LogP contribution in [0, 0.1) is 13.8 Å². The third kappa shape index (κ3) is 5.14. The number of anilines is 2. The Balaban J connectivity index is 1.55. The number of carbonyl (C=O) groups excluding carboxylic acids is 1. The molecule has 0 aliphatic carbocycles. The van der Waals surface area contributed by atoms with Crippen LogP contribution >= 0.6 is 0 Å². The van der Waals surface area contributed by atoms with E-state index < -0.39 is 6.10 Å². The van der Waals surface area contributed by atoms with Gasteiger partial charge in [-0.05, 0) is 55.8 Å². The predicted octanol–water partition coefficient (Wildman–Crippen LogP) is 3.22. The summed E-state index contributed by atoms with van der Waals surface area (Å²) in [5.41, 5.74) is 3.11. The zero-order chi connectivity index (χ0) is 21.0. The fraction of sp³-hybridized carbons (Fsp3) is 0.273. The van der Waals surface area contributed by atoms with E-state index >= 15 is 0 Å². The first-order valence-electron chi connectivity index (χ1n) is 9.30. The van der Waals surface area contributed by atoms with E-state index in [-0.39, 0.29) is 18.1 Å². The van der Waals surface area contributed by atoms with Crippen molar-refractivity contribution in [1.82, 2.24) is 0 Å². The van der Waals surface area contributed by atoms with Crippen molar-refractivity contribution in [1.29, 1.82) is 0 Å². The number of fused-ring (bicyclic) bond motifs is 1. The van der Waals surface area contributed by atoms with Gasteiger partial charge in [-0.1, -0.05) is 0 Å². The molecule has 1 amide bonds. The van der Waals surface area contributed by atoms with Gasteiger partial charge in [0.2, 0.25) is 5.91 Å². The van der Waals surface area contributed by atoms with Crippen LogP contribution in [-0.4, -0.2) is 30.3 Å². The fourth-order valence-corrected chi connectivity index (χ4v) is 2.88. The van der Waals surface area contributed by atoms with Crippen molar-refractivity contribution in [3.63, 3.8) is 0 Å². The molecule has 0 radical (unpaired) electrons. The molecule has 0 saturated carbocycles. The highest BCUT2D eigenvalue weighted by molar-refractivity contribution is 5.88. The minimum Gasteiger partial charge on any atom is -0.491 e. The van der Waals surface area contributed by atoms with E-state index in [0.29, 0.717) is 29.1 Å². The first-order valence-corrected chi connectivity index (χ1v) is 9.30. The monoisotopic (exact) mass is 396 g/mol. The molecular formula is C22H24N2O5. The highest BCUT2D eigenvalue weighted by Crippen LogP contribution is 2.24. The number of amides is 1. The van der Waals surface area contributed by atoms with E-state index in [0.717, 1.165) is 16.6 Å². The van der Waals surface area contributed by atoms with Gasteiger partial charge in [-0.25, -0.2) is 4.79 Å². The Morgan fingerprint density at radius 3 is 2.48 bits per heavy atom. The molecule has 29 heavy (non-hydrogen) atoms. The Bertz CT molecular complexity index is 1070. The molecule has 3 aromatic rings. The summed E-state index contributed by atoms with van der Waals surface area (Å²) >= 11 is 0. The Hall–Kier alpha value is -3.32. The molecule has 0 unspecified atom stereocenters. The maximum absolute atomic E-state index is 11.8. The molecule has 0 aliphatic heterocycles. The molecule has 7 nitrogen and oxygen atoms in total. The number of aryl methyl sites for hydroxylation is 1. The van der Waals surface area contributed by atoms with E-state index in [2.05, 4.69) is 10.6 Å². The SMILES string of the molecule is CC(=O)Nc1ccc(NC[C@@H](O)COc2ccc3c(C)c(C)c(=O)oc3c2)cc1. The van der Waals surface area contributed by atoms with Crippen molar-refractivity contribution < 1.29 is 19.1 Å². The quantitative estimate of drug-likeness (QED) is 0.530. The number of benzene rings is 2. The molecule has 0 aliphatic rings. The number of rotatable bonds is 7. The van der Waals surface area contributed by atoms with E-state index in [4.69, 9.17) is 9.15 Å². The minimum atomic E-state index is -0.743. The van der Waals surface area contributed by atoms with Crippen molar-refractivity contribution in [2.45, 2.75) is 26.9 Å². The Morgan fingerprint density at radius 1 is 1.10 bits per heavy atom. The van der Waals surface area contributed by atoms with E-state index in [1.54, 1.807) is 31.2 Å². The summed E-state index contributed by atoms with van der Waals surface area (Å²) in [5.74, 6) is 0.388. The number of nitrogens with one attached hydrogen (secondary N) is 2. The van der Waals surface area contributed by atoms with Gasteiger partial charge in [0, 0.05) is 41.9 Å². The molecule has 2 aromatic carbocycles. The lowest BCUT2D eigenvalue weighted by Crippen LogP contribution is -2.26. The summed E-state index contributed by atoms with van der Waals surface area (Å²) < 4.78 is 11.0. The van der Waals surface area contributed by atoms with Crippen molar-refractivity contribution in [3.8, 4) is 5.75 Å². The molecule has 7 heteroatoms. The third-order valence-corrected chi connectivity index (χ3v) is 4.62. The zero-order valence-corrected chi connectivity index (χ0v) is 16.6. The Kier molecular flexibility index (Phi) is 6.19. The normalized spacial score (nSPS) is 11.9. The maximum Gasteiger partial charge on any atom is 0.339 e. The highest BCUT2D eigenvalue weighted by Gasteiger charge is 2.10. The molecular weight excluding hydrogens is 372 g/mol. The summed E-state index contributed by atoms with van der Waals surface area (Å²) in [6, 6.07) is 12.5. The molecule has 0 spiro atoms. The zero-order valence-electron chi connectivity index (χ0n) is 16.6. The van der Waals surface area contributed by atoms with Crippen LogP contribution in [-0.2, 0) is 4.79 Å². The van der Waals surface area contributed by atoms with Gasteiger partial charge in [0.15, 0.2) is 0 Å². The fourth-order valence-electron chi connectivity index (χ4n) is 2.88. The molecule has 0 saturated heterocycles. The van der Waals surface area contributed by atoms with Gasteiger partial charge in [0.05, 0.1) is 0 Å². The van der Waals surface area contributed by atoms with Crippen molar-refractivity contribution in [2.24, 2.45) is 0 Å².